The van der Waals surface area contributed by atoms with Crippen molar-refractivity contribution in [1.29, 1.82) is 0 Å². The number of halogens is 1. The molecule has 1 fully saturated rings. The van der Waals surface area contributed by atoms with E-state index in [1.165, 1.54) is 0 Å². The molecule has 1 aliphatic carbocycles. The fraction of sp³-hybridized carbons (Fsp3) is 0.412. The van der Waals surface area contributed by atoms with Gasteiger partial charge >= 0.3 is 0 Å². The van der Waals surface area contributed by atoms with Crippen molar-refractivity contribution in [3.8, 4) is 11.3 Å². The minimum absolute atomic E-state index is 0.0556. The smallest absolute Gasteiger partial charge is 0.257 e. The van der Waals surface area contributed by atoms with Crippen LogP contribution in [0.5, 0.6) is 0 Å². The highest BCUT2D eigenvalue weighted by molar-refractivity contribution is 9.09. The SMILES string of the molecule is O=c1c2c(ncn1[C@H]1CCOC[C@@H]1O)-c1ccccc1C(Br)C2. The van der Waals surface area contributed by atoms with Gasteiger partial charge in [-0.3, -0.25) is 9.36 Å². The third-order valence-corrected chi connectivity index (χ3v) is 5.49. The van der Waals surface area contributed by atoms with Gasteiger partial charge < -0.3 is 9.84 Å². The Balaban J connectivity index is 1.84. The zero-order valence-corrected chi connectivity index (χ0v) is 14.1. The summed E-state index contributed by atoms with van der Waals surface area (Å²) in [5.41, 5.74) is 3.59. The molecule has 1 aromatic carbocycles. The zero-order valence-electron chi connectivity index (χ0n) is 12.5. The van der Waals surface area contributed by atoms with Gasteiger partial charge in [0.15, 0.2) is 0 Å². The molecule has 1 aliphatic heterocycles. The van der Waals surface area contributed by atoms with Crippen molar-refractivity contribution < 1.29 is 9.84 Å². The van der Waals surface area contributed by atoms with Gasteiger partial charge in [0.05, 0.1) is 30.8 Å². The van der Waals surface area contributed by atoms with Gasteiger partial charge in [0, 0.05) is 22.6 Å². The third kappa shape index (κ3) is 2.45. The van der Waals surface area contributed by atoms with E-state index in [0.717, 1.165) is 16.8 Å². The first kappa shape index (κ1) is 15.1. The molecule has 2 aromatic rings. The van der Waals surface area contributed by atoms with Gasteiger partial charge in [-0.05, 0) is 18.4 Å². The van der Waals surface area contributed by atoms with Crippen LogP contribution in [0.3, 0.4) is 0 Å². The van der Waals surface area contributed by atoms with E-state index >= 15 is 0 Å². The van der Waals surface area contributed by atoms with Crippen LogP contribution >= 0.6 is 15.9 Å². The highest BCUT2D eigenvalue weighted by Gasteiger charge is 2.30. The fourth-order valence-electron chi connectivity index (χ4n) is 3.47. The van der Waals surface area contributed by atoms with E-state index in [4.69, 9.17) is 4.74 Å². The molecule has 0 saturated carbocycles. The van der Waals surface area contributed by atoms with Crippen LogP contribution in [0.1, 0.15) is 28.4 Å². The molecular weight excluding hydrogens is 360 g/mol. The summed E-state index contributed by atoms with van der Waals surface area (Å²) in [6, 6.07) is 7.76. The first-order chi connectivity index (χ1) is 11.2. The fourth-order valence-corrected chi connectivity index (χ4v) is 4.19. The molecule has 120 valence electrons. The van der Waals surface area contributed by atoms with Gasteiger partial charge in [0.2, 0.25) is 0 Å². The van der Waals surface area contributed by atoms with Crippen molar-refractivity contribution in [3.05, 3.63) is 52.1 Å². The van der Waals surface area contributed by atoms with E-state index in [9.17, 15) is 9.90 Å². The monoisotopic (exact) mass is 376 g/mol. The molecule has 0 bridgehead atoms. The van der Waals surface area contributed by atoms with E-state index in [-0.39, 0.29) is 23.0 Å². The number of fused-ring (bicyclic) bond motifs is 3. The summed E-state index contributed by atoms with van der Waals surface area (Å²) in [6.07, 6.45) is 2.14. The number of aromatic nitrogens is 2. The summed E-state index contributed by atoms with van der Waals surface area (Å²) >= 11 is 3.68. The highest BCUT2D eigenvalue weighted by Crippen LogP contribution is 2.40. The molecule has 2 heterocycles. The van der Waals surface area contributed by atoms with Gasteiger partial charge in [-0.15, -0.1) is 0 Å². The molecule has 1 N–H and O–H groups in total. The quantitative estimate of drug-likeness (QED) is 0.775. The number of rotatable bonds is 1. The van der Waals surface area contributed by atoms with E-state index in [1.54, 1.807) is 10.9 Å². The largest absolute Gasteiger partial charge is 0.389 e. The molecule has 6 heteroatoms. The predicted molar refractivity (Wildman–Crippen MR) is 89.8 cm³/mol. The Morgan fingerprint density at radius 1 is 1.35 bits per heavy atom. The van der Waals surface area contributed by atoms with Crippen LogP contribution in [0.15, 0.2) is 35.4 Å². The molecule has 3 atom stereocenters. The summed E-state index contributed by atoms with van der Waals surface area (Å²) in [5, 5.41) is 10.1. The standard InChI is InChI=1S/C17H17BrN2O3/c18-13-7-12-16(11-4-2-1-3-10(11)13)19-9-20(17(12)22)14-5-6-23-8-15(14)21/h1-4,9,13-15,21H,5-8H2/t13?,14-,15-/m0/s1. The van der Waals surface area contributed by atoms with Crippen molar-refractivity contribution in [1.82, 2.24) is 9.55 Å². The molecule has 1 unspecified atom stereocenters. The predicted octanol–water partition coefficient (Wildman–Crippen LogP) is 2.22. The Hall–Kier alpha value is -1.50. The van der Waals surface area contributed by atoms with Gasteiger partial charge in [-0.25, -0.2) is 4.98 Å². The lowest BCUT2D eigenvalue weighted by Crippen LogP contribution is -2.40. The molecule has 0 spiro atoms. The van der Waals surface area contributed by atoms with Crippen LogP contribution in [0, 0.1) is 0 Å². The minimum Gasteiger partial charge on any atom is -0.389 e. The first-order valence-corrected chi connectivity index (χ1v) is 8.67. The number of aliphatic hydroxyl groups is 1. The summed E-state index contributed by atoms with van der Waals surface area (Å²) in [7, 11) is 0. The first-order valence-electron chi connectivity index (χ1n) is 7.76. The van der Waals surface area contributed by atoms with Crippen LogP contribution < -0.4 is 5.56 Å². The lowest BCUT2D eigenvalue weighted by Gasteiger charge is -2.30. The number of ether oxygens (including phenoxy) is 1. The number of nitrogens with zero attached hydrogens (tertiary/aromatic N) is 2. The van der Waals surface area contributed by atoms with Crippen LogP contribution in [0.4, 0.5) is 0 Å². The van der Waals surface area contributed by atoms with Crippen LogP contribution in [0.2, 0.25) is 0 Å². The second-order valence-corrected chi connectivity index (χ2v) is 7.15. The normalized spacial score (nSPS) is 26.4. The average molecular weight is 377 g/mol. The molecule has 1 saturated heterocycles. The topological polar surface area (TPSA) is 64.4 Å². The Morgan fingerprint density at radius 3 is 3.00 bits per heavy atom. The van der Waals surface area contributed by atoms with E-state index in [0.29, 0.717) is 25.0 Å². The summed E-state index contributed by atoms with van der Waals surface area (Å²) < 4.78 is 6.84. The van der Waals surface area contributed by atoms with Crippen molar-refractivity contribution in [2.75, 3.05) is 13.2 Å². The van der Waals surface area contributed by atoms with E-state index in [2.05, 4.69) is 27.0 Å². The number of hydrogen-bond acceptors (Lipinski definition) is 4. The third-order valence-electron chi connectivity index (χ3n) is 4.67. The second kappa shape index (κ2) is 5.85. The molecule has 2 aliphatic rings. The maximum Gasteiger partial charge on any atom is 0.257 e. The zero-order chi connectivity index (χ0) is 16.0. The van der Waals surface area contributed by atoms with E-state index < -0.39 is 6.10 Å². The maximum atomic E-state index is 13.0. The Kier molecular flexibility index (Phi) is 3.83. The van der Waals surface area contributed by atoms with Crippen molar-refractivity contribution >= 4 is 15.9 Å². The lowest BCUT2D eigenvalue weighted by atomic mass is 9.89. The van der Waals surface area contributed by atoms with Gasteiger partial charge in [0.25, 0.3) is 5.56 Å². The number of hydrogen-bond donors (Lipinski definition) is 1. The maximum absolute atomic E-state index is 13.0. The number of aliphatic hydroxyl groups excluding tert-OH is 1. The van der Waals surface area contributed by atoms with Crippen LogP contribution in [-0.2, 0) is 11.2 Å². The minimum atomic E-state index is -0.669. The van der Waals surface area contributed by atoms with Gasteiger partial charge in [-0.2, -0.15) is 0 Å². The van der Waals surface area contributed by atoms with Gasteiger partial charge in [0.1, 0.15) is 0 Å². The molecule has 5 nitrogen and oxygen atoms in total. The second-order valence-electron chi connectivity index (χ2n) is 6.04. The van der Waals surface area contributed by atoms with Crippen LogP contribution in [0.25, 0.3) is 11.3 Å². The average Bonchev–Trinajstić information content (AvgIpc) is 2.57. The molecular formula is C17H17BrN2O3. The summed E-state index contributed by atoms with van der Waals surface area (Å²) in [6.45, 7) is 0.813. The van der Waals surface area contributed by atoms with E-state index in [1.807, 2.05) is 18.2 Å². The Labute approximate surface area is 142 Å². The molecule has 23 heavy (non-hydrogen) atoms. The number of alkyl halides is 1. The number of benzene rings is 1. The Morgan fingerprint density at radius 2 is 2.17 bits per heavy atom. The summed E-state index contributed by atoms with van der Waals surface area (Å²) in [4.78, 5) is 17.6. The highest BCUT2D eigenvalue weighted by atomic mass is 79.9. The van der Waals surface area contributed by atoms with Crippen molar-refractivity contribution in [2.45, 2.75) is 29.8 Å². The van der Waals surface area contributed by atoms with Gasteiger partial charge in [-0.1, -0.05) is 40.2 Å². The lowest BCUT2D eigenvalue weighted by molar-refractivity contribution is -0.0397. The molecule has 4 rings (SSSR count). The molecule has 0 amide bonds. The summed E-state index contributed by atoms with van der Waals surface area (Å²) in [5.74, 6) is 0. The molecule has 1 aromatic heterocycles. The molecule has 0 radical (unpaired) electrons. The van der Waals surface area contributed by atoms with Crippen LogP contribution in [-0.4, -0.2) is 34.0 Å². The van der Waals surface area contributed by atoms with Crippen molar-refractivity contribution in [3.63, 3.8) is 0 Å². The van der Waals surface area contributed by atoms with Crippen molar-refractivity contribution in [2.24, 2.45) is 0 Å². The Bertz CT molecular complexity index is 805.